The van der Waals surface area contributed by atoms with Gasteiger partial charge in [-0.15, -0.1) is 10.2 Å². The number of aryl methyl sites for hydroxylation is 2. The van der Waals surface area contributed by atoms with Gasteiger partial charge in [-0.3, -0.25) is 4.79 Å². The van der Waals surface area contributed by atoms with Crippen LogP contribution in [0, 0.1) is 0 Å². The lowest BCUT2D eigenvalue weighted by atomic mass is 10.1. The molecule has 1 amide bonds. The summed E-state index contributed by atoms with van der Waals surface area (Å²) in [5, 5.41) is 12.8. The summed E-state index contributed by atoms with van der Waals surface area (Å²) in [7, 11) is 1.91. The van der Waals surface area contributed by atoms with Gasteiger partial charge in [-0.1, -0.05) is 54.2 Å². The average Bonchev–Trinajstić information content (AvgIpc) is 3.12. The van der Waals surface area contributed by atoms with E-state index >= 15 is 0 Å². The molecule has 0 aliphatic rings. The Morgan fingerprint density at radius 3 is 2.63 bits per heavy atom. The Balaban J connectivity index is 1.43. The number of thioether (sulfide) groups is 1. The van der Waals surface area contributed by atoms with Gasteiger partial charge in [-0.2, -0.15) is 5.10 Å². The molecule has 0 fully saturated rings. The molecule has 0 bridgehead atoms. The number of hydrogen-bond acceptors (Lipinski definition) is 5. The van der Waals surface area contributed by atoms with Crippen LogP contribution in [0.2, 0.25) is 0 Å². The maximum atomic E-state index is 12.1. The molecule has 27 heavy (non-hydrogen) atoms. The van der Waals surface area contributed by atoms with Gasteiger partial charge < -0.3 is 4.57 Å². The van der Waals surface area contributed by atoms with E-state index in [0.29, 0.717) is 5.56 Å². The van der Waals surface area contributed by atoms with Crippen molar-refractivity contribution in [1.82, 2.24) is 20.2 Å². The van der Waals surface area contributed by atoms with Gasteiger partial charge in [-0.25, -0.2) is 5.43 Å². The number of nitrogens with zero attached hydrogens (tertiary/aromatic N) is 4. The molecule has 0 radical (unpaired) electrons. The smallest absolute Gasteiger partial charge is 0.271 e. The van der Waals surface area contributed by atoms with Crippen molar-refractivity contribution in [2.75, 3.05) is 0 Å². The lowest BCUT2D eigenvalue weighted by molar-refractivity contribution is 0.0955. The van der Waals surface area contributed by atoms with E-state index in [1.54, 1.807) is 36.4 Å². The number of rotatable bonds is 8. The van der Waals surface area contributed by atoms with Gasteiger partial charge in [0.05, 0.1) is 0 Å². The predicted molar refractivity (Wildman–Crippen MR) is 108 cm³/mol. The molecule has 0 saturated heterocycles. The number of hydrazone groups is 1. The molecule has 0 spiro atoms. The molecule has 3 aromatic rings. The second kappa shape index (κ2) is 9.68. The number of benzene rings is 2. The van der Waals surface area contributed by atoms with Crippen molar-refractivity contribution in [3.8, 4) is 0 Å². The van der Waals surface area contributed by atoms with Crippen LogP contribution < -0.4 is 5.43 Å². The number of hydrogen-bond donors (Lipinski definition) is 1. The Bertz CT molecular complexity index is 890. The van der Waals surface area contributed by atoms with E-state index < -0.39 is 0 Å². The molecule has 1 N–H and O–H groups in total. The molecule has 2 aromatic carbocycles. The second-order valence-electron chi connectivity index (χ2n) is 5.99. The summed E-state index contributed by atoms with van der Waals surface area (Å²) in [5.74, 6) is 0.560. The number of carbonyl (C=O) groups excluding carboxylic acids is 1. The molecular weight excluding hydrogens is 358 g/mol. The first-order valence-corrected chi connectivity index (χ1v) is 9.62. The number of aromatic nitrogens is 3. The van der Waals surface area contributed by atoms with Crippen molar-refractivity contribution in [3.05, 3.63) is 77.6 Å². The van der Waals surface area contributed by atoms with Crippen LogP contribution in [0.4, 0.5) is 0 Å². The SMILES string of the molecule is Cn1cnnc1SCc1ccc(C(=O)N/N=C\CCc2ccccc2)cc1. The van der Waals surface area contributed by atoms with Crippen LogP contribution in [-0.2, 0) is 19.2 Å². The molecular formula is C20H21N5OS. The van der Waals surface area contributed by atoms with Crippen LogP contribution in [0.1, 0.15) is 27.9 Å². The summed E-state index contributed by atoms with van der Waals surface area (Å²) in [6, 6.07) is 17.7. The zero-order chi connectivity index (χ0) is 18.9. The Hall–Kier alpha value is -2.93. The highest BCUT2D eigenvalue weighted by molar-refractivity contribution is 7.98. The van der Waals surface area contributed by atoms with Crippen LogP contribution in [0.5, 0.6) is 0 Å². The zero-order valence-corrected chi connectivity index (χ0v) is 15.9. The first-order chi connectivity index (χ1) is 13.2. The molecule has 0 aliphatic heterocycles. The van der Waals surface area contributed by atoms with Crippen molar-refractivity contribution in [2.45, 2.75) is 23.8 Å². The van der Waals surface area contributed by atoms with Gasteiger partial charge in [0.2, 0.25) is 0 Å². The molecule has 1 heterocycles. The highest BCUT2D eigenvalue weighted by atomic mass is 32.2. The lowest BCUT2D eigenvalue weighted by Crippen LogP contribution is -2.17. The van der Waals surface area contributed by atoms with Crippen molar-refractivity contribution in [3.63, 3.8) is 0 Å². The van der Waals surface area contributed by atoms with E-state index in [9.17, 15) is 4.79 Å². The molecule has 3 rings (SSSR count). The molecule has 0 unspecified atom stereocenters. The van der Waals surface area contributed by atoms with E-state index in [0.717, 1.165) is 29.3 Å². The third-order valence-corrected chi connectivity index (χ3v) is 5.02. The first kappa shape index (κ1) is 18.8. The zero-order valence-electron chi connectivity index (χ0n) is 15.1. The summed E-state index contributed by atoms with van der Waals surface area (Å²) in [6.07, 6.45) is 5.09. The Morgan fingerprint density at radius 2 is 1.93 bits per heavy atom. The fourth-order valence-corrected chi connectivity index (χ4v) is 3.26. The first-order valence-electron chi connectivity index (χ1n) is 8.64. The third kappa shape index (κ3) is 5.79. The van der Waals surface area contributed by atoms with E-state index in [1.807, 2.05) is 41.9 Å². The van der Waals surface area contributed by atoms with E-state index in [-0.39, 0.29) is 5.91 Å². The van der Waals surface area contributed by atoms with Gasteiger partial charge in [0, 0.05) is 24.6 Å². The number of carbonyl (C=O) groups is 1. The molecule has 1 aromatic heterocycles. The molecule has 0 saturated carbocycles. The van der Waals surface area contributed by atoms with Crippen molar-refractivity contribution in [1.29, 1.82) is 0 Å². The fraction of sp³-hybridized carbons (Fsp3) is 0.200. The van der Waals surface area contributed by atoms with Gasteiger partial charge in [0.1, 0.15) is 6.33 Å². The molecule has 6 nitrogen and oxygen atoms in total. The third-order valence-electron chi connectivity index (χ3n) is 3.92. The van der Waals surface area contributed by atoms with Crippen LogP contribution in [-0.4, -0.2) is 26.9 Å². The molecule has 0 atom stereocenters. The number of nitrogens with one attached hydrogen (secondary N) is 1. The van der Waals surface area contributed by atoms with Gasteiger partial charge in [-0.05, 0) is 36.1 Å². The minimum atomic E-state index is -0.210. The predicted octanol–water partition coefficient (Wildman–Crippen LogP) is 3.46. The minimum Gasteiger partial charge on any atom is -0.312 e. The molecule has 0 aliphatic carbocycles. The standard InChI is InChI=1S/C20H21N5OS/c1-25-15-22-24-20(25)27-14-17-9-11-18(12-10-17)19(26)23-21-13-5-8-16-6-3-2-4-7-16/h2-4,6-7,9-13,15H,5,8,14H2,1H3,(H,23,26)/b21-13-. The summed E-state index contributed by atoms with van der Waals surface area (Å²) in [5.41, 5.74) is 5.53. The van der Waals surface area contributed by atoms with Crippen molar-refractivity contribution in [2.24, 2.45) is 12.1 Å². The second-order valence-corrected chi connectivity index (χ2v) is 6.93. The van der Waals surface area contributed by atoms with Gasteiger partial charge in [0.15, 0.2) is 5.16 Å². The Labute approximate surface area is 162 Å². The van der Waals surface area contributed by atoms with Crippen molar-refractivity contribution < 1.29 is 4.79 Å². The van der Waals surface area contributed by atoms with Crippen molar-refractivity contribution >= 4 is 23.9 Å². The maximum absolute atomic E-state index is 12.1. The van der Waals surface area contributed by atoms with Crippen LogP contribution >= 0.6 is 11.8 Å². The number of amides is 1. The highest BCUT2D eigenvalue weighted by Crippen LogP contribution is 2.20. The lowest BCUT2D eigenvalue weighted by Gasteiger charge is -2.03. The average molecular weight is 379 g/mol. The summed E-state index contributed by atoms with van der Waals surface area (Å²) < 4.78 is 1.88. The van der Waals surface area contributed by atoms with Gasteiger partial charge in [0.25, 0.3) is 5.91 Å². The Kier molecular flexibility index (Phi) is 6.76. The normalized spacial score (nSPS) is 11.0. The monoisotopic (exact) mass is 379 g/mol. The topological polar surface area (TPSA) is 72.2 Å². The van der Waals surface area contributed by atoms with Crippen LogP contribution in [0.25, 0.3) is 0 Å². The van der Waals surface area contributed by atoms with E-state index in [4.69, 9.17) is 0 Å². The molecule has 7 heteroatoms. The minimum absolute atomic E-state index is 0.210. The molecule has 138 valence electrons. The van der Waals surface area contributed by atoms with Gasteiger partial charge >= 0.3 is 0 Å². The summed E-state index contributed by atoms with van der Waals surface area (Å²) in [6.45, 7) is 0. The highest BCUT2D eigenvalue weighted by Gasteiger charge is 2.06. The van der Waals surface area contributed by atoms with E-state index in [2.05, 4.69) is 32.9 Å². The van der Waals surface area contributed by atoms with Crippen LogP contribution in [0.15, 0.2) is 71.2 Å². The summed E-state index contributed by atoms with van der Waals surface area (Å²) in [4.78, 5) is 12.1. The maximum Gasteiger partial charge on any atom is 0.271 e. The largest absolute Gasteiger partial charge is 0.312 e. The fourth-order valence-electron chi connectivity index (χ4n) is 2.41. The summed E-state index contributed by atoms with van der Waals surface area (Å²) >= 11 is 1.60. The quantitative estimate of drug-likeness (QED) is 0.370. The van der Waals surface area contributed by atoms with E-state index in [1.165, 1.54) is 5.56 Å². The Morgan fingerprint density at radius 1 is 1.15 bits per heavy atom. The van der Waals surface area contributed by atoms with Crippen LogP contribution in [0.3, 0.4) is 0 Å².